The first-order valence-electron chi connectivity index (χ1n) is 20.1. The standard InChI is InChI=1S/C44H57N7O6/c1-30(52)40-44(57)51(39(53)23-10-2-3-14-24-45)38(26-31-16-6-4-7-17-31)42(55)49-37(27-33-28-47-35-21-12-11-20-34(33)35)41(54)48-36(22-13-15-25-46)43(56)50(40)29-32-18-8-5-9-19-32/h4-9,11-12,16-21,28,30,36-38,40,47,52H,2-3,10,13-15,22-27,29,45-46H2,1H3,(H,48,54)(H,49,55)/t30-,36+,37-,38+,40+/m1/s1. The SMILES string of the molecule is C[C@@H](O)[C@H]1C(=O)N(C(=O)CCCCCCN)[C@@H](Cc2ccccc2)C(=O)N[C@H](Cc2c[nH]c3ccccc23)C(=O)N[C@@H](CCCCN)C(=O)N1Cc1ccccc1. The number of imide groups is 1. The molecule has 1 fully saturated rings. The Morgan fingerprint density at radius 1 is 0.719 bits per heavy atom. The lowest BCUT2D eigenvalue weighted by molar-refractivity contribution is -0.162. The molecule has 3 aromatic carbocycles. The molecule has 5 rings (SSSR count). The van der Waals surface area contributed by atoms with Gasteiger partial charge < -0.3 is 37.1 Å². The van der Waals surface area contributed by atoms with E-state index in [9.17, 15) is 24.3 Å². The van der Waals surface area contributed by atoms with Crippen molar-refractivity contribution in [3.05, 3.63) is 108 Å². The molecule has 5 atom stereocenters. The number of aromatic amines is 1. The summed E-state index contributed by atoms with van der Waals surface area (Å²) in [4.78, 5) is 79.5. The Balaban J connectivity index is 1.67. The summed E-state index contributed by atoms with van der Waals surface area (Å²) in [6, 6.07) is 20.3. The largest absolute Gasteiger partial charge is 0.391 e. The lowest BCUT2D eigenvalue weighted by Crippen LogP contribution is -2.66. The number of para-hydroxylation sites is 1. The number of nitrogens with one attached hydrogen (secondary N) is 3. The molecular weight excluding hydrogens is 723 g/mol. The molecule has 13 nitrogen and oxygen atoms in total. The lowest BCUT2D eigenvalue weighted by Gasteiger charge is -2.40. The van der Waals surface area contributed by atoms with Gasteiger partial charge in [0.1, 0.15) is 24.2 Å². The quantitative estimate of drug-likeness (QED) is 0.0874. The van der Waals surface area contributed by atoms with Crippen LogP contribution < -0.4 is 22.1 Å². The van der Waals surface area contributed by atoms with Crippen LogP contribution in [0.3, 0.4) is 0 Å². The van der Waals surface area contributed by atoms with Crippen molar-refractivity contribution in [1.29, 1.82) is 0 Å². The third-order valence-electron chi connectivity index (χ3n) is 10.6. The molecule has 1 aliphatic rings. The number of nitrogens with zero attached hydrogens (tertiary/aromatic N) is 2. The molecule has 1 aliphatic heterocycles. The number of rotatable bonds is 17. The van der Waals surface area contributed by atoms with E-state index in [0.29, 0.717) is 49.9 Å². The van der Waals surface area contributed by atoms with Gasteiger partial charge in [-0.2, -0.15) is 0 Å². The average Bonchev–Trinajstić information content (AvgIpc) is 3.62. The van der Waals surface area contributed by atoms with Crippen LogP contribution in [0.5, 0.6) is 0 Å². The highest BCUT2D eigenvalue weighted by atomic mass is 16.3. The molecule has 8 N–H and O–H groups in total. The number of H-pyrrole nitrogens is 1. The lowest BCUT2D eigenvalue weighted by atomic mass is 9.96. The van der Waals surface area contributed by atoms with E-state index in [1.165, 1.54) is 11.8 Å². The van der Waals surface area contributed by atoms with Crippen molar-refractivity contribution in [1.82, 2.24) is 25.4 Å². The Labute approximate surface area is 334 Å². The van der Waals surface area contributed by atoms with Crippen LogP contribution in [0.1, 0.15) is 75.0 Å². The molecule has 0 saturated carbocycles. The van der Waals surface area contributed by atoms with Crippen molar-refractivity contribution in [3.8, 4) is 0 Å². The summed E-state index contributed by atoms with van der Waals surface area (Å²) in [6.07, 6.45) is 4.15. The summed E-state index contributed by atoms with van der Waals surface area (Å²) in [5.41, 5.74) is 14.5. The molecule has 0 spiro atoms. The van der Waals surface area contributed by atoms with E-state index in [1.807, 2.05) is 36.4 Å². The van der Waals surface area contributed by atoms with Gasteiger partial charge in [-0.3, -0.25) is 28.9 Å². The normalized spacial score (nSPS) is 20.1. The summed E-state index contributed by atoms with van der Waals surface area (Å²) in [6.45, 7) is 2.16. The zero-order valence-corrected chi connectivity index (χ0v) is 32.8. The first-order chi connectivity index (χ1) is 27.6. The molecule has 0 aliphatic carbocycles. The fourth-order valence-electron chi connectivity index (χ4n) is 7.54. The van der Waals surface area contributed by atoms with Gasteiger partial charge in [0.05, 0.1) is 6.10 Å². The van der Waals surface area contributed by atoms with Crippen LogP contribution in [0.15, 0.2) is 91.1 Å². The van der Waals surface area contributed by atoms with Crippen LogP contribution >= 0.6 is 0 Å². The number of aromatic nitrogens is 1. The number of aliphatic hydroxyl groups excluding tert-OH is 1. The number of fused-ring (bicyclic) bond motifs is 1. The minimum atomic E-state index is -1.58. The first kappa shape index (κ1) is 42.8. The molecule has 4 aromatic rings. The van der Waals surface area contributed by atoms with E-state index in [-0.39, 0.29) is 32.2 Å². The van der Waals surface area contributed by atoms with E-state index in [2.05, 4.69) is 15.6 Å². The second-order valence-electron chi connectivity index (χ2n) is 14.9. The van der Waals surface area contributed by atoms with Crippen molar-refractivity contribution in [2.75, 3.05) is 13.1 Å². The van der Waals surface area contributed by atoms with Gasteiger partial charge >= 0.3 is 0 Å². The number of benzene rings is 3. The average molecular weight is 780 g/mol. The minimum absolute atomic E-state index is 0.0520. The molecule has 1 aromatic heterocycles. The third kappa shape index (κ3) is 11.4. The van der Waals surface area contributed by atoms with Crippen LogP contribution in [0.4, 0.5) is 0 Å². The van der Waals surface area contributed by atoms with Gasteiger partial charge in [-0.25, -0.2) is 0 Å². The Morgan fingerprint density at radius 2 is 1.33 bits per heavy atom. The number of aliphatic hydroxyl groups is 1. The van der Waals surface area contributed by atoms with Crippen LogP contribution in [0.25, 0.3) is 10.9 Å². The molecule has 0 unspecified atom stereocenters. The van der Waals surface area contributed by atoms with E-state index in [1.54, 1.807) is 54.7 Å². The number of hydrogen-bond acceptors (Lipinski definition) is 8. The summed E-state index contributed by atoms with van der Waals surface area (Å²) >= 11 is 0. The van der Waals surface area contributed by atoms with Gasteiger partial charge in [-0.1, -0.05) is 91.7 Å². The van der Waals surface area contributed by atoms with E-state index in [0.717, 1.165) is 34.2 Å². The third-order valence-corrected chi connectivity index (χ3v) is 10.6. The molecule has 5 amide bonds. The highest BCUT2D eigenvalue weighted by Gasteiger charge is 2.46. The zero-order chi connectivity index (χ0) is 40.7. The highest BCUT2D eigenvalue weighted by molar-refractivity contribution is 6.05. The summed E-state index contributed by atoms with van der Waals surface area (Å²) in [5.74, 6) is -3.41. The van der Waals surface area contributed by atoms with Crippen molar-refractivity contribution in [2.24, 2.45) is 11.5 Å². The first-order valence-corrected chi connectivity index (χ1v) is 20.1. The Hall–Kier alpha value is -5.37. The Kier molecular flexibility index (Phi) is 15.9. The number of carbonyl (C=O) groups excluding carboxylic acids is 5. The van der Waals surface area contributed by atoms with Gasteiger partial charge in [0.2, 0.25) is 23.6 Å². The predicted octanol–water partition coefficient (Wildman–Crippen LogP) is 3.48. The van der Waals surface area contributed by atoms with E-state index >= 15 is 4.79 Å². The highest BCUT2D eigenvalue weighted by Crippen LogP contribution is 2.24. The Morgan fingerprint density at radius 3 is 2.02 bits per heavy atom. The maximum atomic E-state index is 15.2. The second kappa shape index (κ2) is 21.2. The maximum Gasteiger partial charge on any atom is 0.255 e. The van der Waals surface area contributed by atoms with Gasteiger partial charge in [0, 0.05) is 42.9 Å². The smallest absolute Gasteiger partial charge is 0.255 e. The summed E-state index contributed by atoms with van der Waals surface area (Å²) in [7, 11) is 0. The molecular formula is C44H57N7O6. The fourth-order valence-corrected chi connectivity index (χ4v) is 7.54. The van der Waals surface area contributed by atoms with Crippen molar-refractivity contribution < 1.29 is 29.1 Å². The minimum Gasteiger partial charge on any atom is -0.391 e. The van der Waals surface area contributed by atoms with Gasteiger partial charge in [0.25, 0.3) is 5.91 Å². The molecule has 1 saturated heterocycles. The van der Waals surface area contributed by atoms with Crippen LogP contribution in [-0.4, -0.2) is 92.8 Å². The van der Waals surface area contributed by atoms with Gasteiger partial charge in [-0.05, 0) is 74.9 Å². The second-order valence-corrected chi connectivity index (χ2v) is 14.9. The number of carbonyl (C=O) groups is 5. The zero-order valence-electron chi connectivity index (χ0n) is 32.8. The summed E-state index contributed by atoms with van der Waals surface area (Å²) < 4.78 is 0. The van der Waals surface area contributed by atoms with Crippen molar-refractivity contribution >= 4 is 40.4 Å². The van der Waals surface area contributed by atoms with Crippen LogP contribution in [0, 0.1) is 0 Å². The number of hydrogen-bond donors (Lipinski definition) is 6. The van der Waals surface area contributed by atoms with E-state index < -0.39 is 59.8 Å². The molecule has 13 heteroatoms. The summed E-state index contributed by atoms with van der Waals surface area (Å²) in [5, 5.41) is 18.2. The fraction of sp³-hybridized carbons (Fsp3) is 0.432. The topological polar surface area (TPSA) is 204 Å². The molecule has 0 bridgehead atoms. The predicted molar refractivity (Wildman–Crippen MR) is 219 cm³/mol. The van der Waals surface area contributed by atoms with Crippen LogP contribution in [-0.2, 0) is 43.4 Å². The monoisotopic (exact) mass is 779 g/mol. The molecule has 304 valence electrons. The van der Waals surface area contributed by atoms with Gasteiger partial charge in [-0.15, -0.1) is 0 Å². The number of amides is 5. The number of unbranched alkanes of at least 4 members (excludes halogenated alkanes) is 4. The molecule has 57 heavy (non-hydrogen) atoms. The molecule has 2 heterocycles. The van der Waals surface area contributed by atoms with Crippen LogP contribution in [0.2, 0.25) is 0 Å². The number of nitrogens with two attached hydrogens (primary N) is 2. The van der Waals surface area contributed by atoms with E-state index in [4.69, 9.17) is 11.5 Å². The maximum absolute atomic E-state index is 15.2. The van der Waals surface area contributed by atoms with Gasteiger partial charge in [0.15, 0.2) is 0 Å². The van der Waals surface area contributed by atoms with Crippen molar-refractivity contribution in [3.63, 3.8) is 0 Å². The molecule has 0 radical (unpaired) electrons. The Bertz CT molecular complexity index is 1930. The van der Waals surface area contributed by atoms with Crippen molar-refractivity contribution in [2.45, 2.75) is 108 Å².